The highest BCUT2D eigenvalue weighted by Gasteiger charge is 2.35. The summed E-state index contributed by atoms with van der Waals surface area (Å²) in [6.07, 6.45) is -0.239. The third kappa shape index (κ3) is 4.66. The van der Waals surface area contributed by atoms with Crippen LogP contribution in [0, 0.1) is 0 Å². The summed E-state index contributed by atoms with van der Waals surface area (Å²) in [5.74, 6) is 0.560. The lowest BCUT2D eigenvalue weighted by Crippen LogP contribution is -2.54. The van der Waals surface area contributed by atoms with Crippen molar-refractivity contribution in [2.24, 2.45) is 0 Å². The quantitative estimate of drug-likeness (QED) is 0.855. The second kappa shape index (κ2) is 5.90. The molecule has 21 heavy (non-hydrogen) atoms. The molecule has 2 heterocycles. The molecule has 0 spiro atoms. The Bertz CT molecular complexity index is 467. The average molecular weight is 298 g/mol. The normalized spacial score (nSPS) is 22.6. The molecule has 1 aliphatic rings. The molecular formula is C14H26N4O3. The molecule has 0 amide bonds. The lowest BCUT2D eigenvalue weighted by molar-refractivity contribution is -0.102. The molecule has 0 radical (unpaired) electrons. The van der Waals surface area contributed by atoms with Gasteiger partial charge in [-0.2, -0.15) is 0 Å². The lowest BCUT2D eigenvalue weighted by Gasteiger charge is -2.41. The second-order valence-corrected chi connectivity index (χ2v) is 7.14. The summed E-state index contributed by atoms with van der Waals surface area (Å²) >= 11 is 0. The first-order valence-corrected chi connectivity index (χ1v) is 7.29. The van der Waals surface area contributed by atoms with Crippen LogP contribution in [0.1, 0.15) is 40.5 Å². The van der Waals surface area contributed by atoms with Crippen LogP contribution in [0.2, 0.25) is 0 Å². The van der Waals surface area contributed by atoms with E-state index in [1.54, 1.807) is 0 Å². The molecule has 0 saturated carbocycles. The highest BCUT2D eigenvalue weighted by atomic mass is 16.5. The van der Waals surface area contributed by atoms with Crippen molar-refractivity contribution in [1.82, 2.24) is 15.5 Å². The summed E-state index contributed by atoms with van der Waals surface area (Å²) < 4.78 is 11.5. The van der Waals surface area contributed by atoms with Gasteiger partial charge in [0.15, 0.2) is 0 Å². The predicted molar refractivity (Wildman–Crippen MR) is 79.1 cm³/mol. The van der Waals surface area contributed by atoms with Gasteiger partial charge in [-0.1, -0.05) is 5.10 Å². The number of anilines is 1. The van der Waals surface area contributed by atoms with Crippen molar-refractivity contribution in [2.75, 3.05) is 24.6 Å². The molecule has 0 aromatic carbocycles. The van der Waals surface area contributed by atoms with Gasteiger partial charge in [-0.05, 0) is 34.6 Å². The topological polar surface area (TPSA) is 83.7 Å². The second-order valence-electron chi connectivity index (χ2n) is 7.14. The summed E-state index contributed by atoms with van der Waals surface area (Å²) in [7, 11) is 0. The molecule has 0 bridgehead atoms. The molecule has 120 valence electrons. The van der Waals surface area contributed by atoms with Crippen LogP contribution in [0.25, 0.3) is 0 Å². The van der Waals surface area contributed by atoms with Gasteiger partial charge in [0.05, 0.1) is 37.9 Å². The number of hydrogen-bond donors (Lipinski definition) is 2. The van der Waals surface area contributed by atoms with Gasteiger partial charge in [-0.3, -0.25) is 0 Å². The SMILES string of the molecule is CC(C)(C)NCc1nnc(N2CC(CO)OC(C)(C)C2)o1. The van der Waals surface area contributed by atoms with Gasteiger partial charge < -0.3 is 24.5 Å². The van der Waals surface area contributed by atoms with Crippen LogP contribution in [0.15, 0.2) is 4.42 Å². The predicted octanol–water partition coefficient (Wildman–Crippen LogP) is 0.934. The number of nitrogens with one attached hydrogen (secondary N) is 1. The van der Waals surface area contributed by atoms with E-state index in [0.717, 1.165) is 0 Å². The van der Waals surface area contributed by atoms with Gasteiger partial charge in [-0.15, -0.1) is 5.10 Å². The van der Waals surface area contributed by atoms with Crippen LogP contribution < -0.4 is 10.2 Å². The largest absolute Gasteiger partial charge is 0.407 e. The Morgan fingerprint density at radius 1 is 1.38 bits per heavy atom. The molecule has 1 unspecified atom stereocenters. The van der Waals surface area contributed by atoms with Gasteiger partial charge in [0.25, 0.3) is 0 Å². The molecule has 1 aromatic heterocycles. The molecule has 1 saturated heterocycles. The monoisotopic (exact) mass is 298 g/mol. The lowest BCUT2D eigenvalue weighted by atomic mass is 10.1. The highest BCUT2D eigenvalue weighted by molar-refractivity contribution is 5.27. The number of aliphatic hydroxyl groups excluding tert-OH is 1. The van der Waals surface area contributed by atoms with Crippen molar-refractivity contribution in [3.63, 3.8) is 0 Å². The fourth-order valence-corrected chi connectivity index (χ4v) is 2.32. The molecule has 1 aliphatic heterocycles. The van der Waals surface area contributed by atoms with E-state index in [-0.39, 0.29) is 23.9 Å². The van der Waals surface area contributed by atoms with E-state index in [0.29, 0.717) is 31.5 Å². The molecule has 2 rings (SSSR count). The Morgan fingerprint density at radius 2 is 2.10 bits per heavy atom. The van der Waals surface area contributed by atoms with Gasteiger partial charge in [0.2, 0.25) is 5.89 Å². The molecule has 1 aromatic rings. The minimum atomic E-state index is -0.357. The Balaban J connectivity index is 2.03. The zero-order chi connectivity index (χ0) is 15.7. The van der Waals surface area contributed by atoms with Crippen molar-refractivity contribution in [3.8, 4) is 0 Å². The number of nitrogens with zero attached hydrogens (tertiary/aromatic N) is 3. The minimum absolute atomic E-state index is 0.00241. The summed E-state index contributed by atoms with van der Waals surface area (Å²) in [6.45, 7) is 11.9. The third-order valence-corrected chi connectivity index (χ3v) is 3.18. The number of aliphatic hydroxyl groups is 1. The number of rotatable bonds is 4. The van der Waals surface area contributed by atoms with Crippen molar-refractivity contribution >= 4 is 6.01 Å². The van der Waals surface area contributed by atoms with Crippen LogP contribution in [0.3, 0.4) is 0 Å². The Kier molecular flexibility index (Phi) is 4.55. The minimum Gasteiger partial charge on any atom is -0.407 e. The van der Waals surface area contributed by atoms with E-state index in [1.807, 2.05) is 18.7 Å². The van der Waals surface area contributed by atoms with Crippen LogP contribution >= 0.6 is 0 Å². The van der Waals surface area contributed by atoms with Gasteiger partial charge in [0.1, 0.15) is 0 Å². The van der Waals surface area contributed by atoms with Gasteiger partial charge in [-0.25, -0.2) is 0 Å². The highest BCUT2D eigenvalue weighted by Crippen LogP contribution is 2.25. The van der Waals surface area contributed by atoms with E-state index in [2.05, 4.69) is 36.3 Å². The number of ether oxygens (including phenoxy) is 1. The summed E-state index contributed by atoms with van der Waals surface area (Å²) in [6, 6.07) is 0.482. The van der Waals surface area contributed by atoms with Crippen LogP contribution in [-0.4, -0.2) is 52.2 Å². The molecular weight excluding hydrogens is 272 g/mol. The van der Waals surface area contributed by atoms with Crippen LogP contribution in [0.5, 0.6) is 0 Å². The first kappa shape index (κ1) is 16.2. The van der Waals surface area contributed by atoms with Crippen molar-refractivity contribution in [1.29, 1.82) is 0 Å². The smallest absolute Gasteiger partial charge is 0.318 e. The van der Waals surface area contributed by atoms with Gasteiger partial charge in [0, 0.05) is 5.54 Å². The Labute approximate surface area is 125 Å². The Hall–Kier alpha value is -1.18. The van der Waals surface area contributed by atoms with E-state index in [4.69, 9.17) is 9.15 Å². The summed E-state index contributed by atoms with van der Waals surface area (Å²) in [5, 5.41) is 20.8. The molecule has 7 nitrogen and oxygen atoms in total. The maximum absolute atomic E-state index is 9.34. The fraction of sp³-hybridized carbons (Fsp3) is 0.857. The van der Waals surface area contributed by atoms with Gasteiger partial charge >= 0.3 is 6.01 Å². The molecule has 2 N–H and O–H groups in total. The zero-order valence-corrected chi connectivity index (χ0v) is 13.5. The first-order chi connectivity index (χ1) is 9.68. The van der Waals surface area contributed by atoms with E-state index >= 15 is 0 Å². The first-order valence-electron chi connectivity index (χ1n) is 7.29. The van der Waals surface area contributed by atoms with Crippen LogP contribution in [-0.2, 0) is 11.3 Å². The molecule has 1 atom stereocenters. The maximum Gasteiger partial charge on any atom is 0.318 e. The van der Waals surface area contributed by atoms with Crippen LogP contribution in [0.4, 0.5) is 6.01 Å². The van der Waals surface area contributed by atoms with E-state index in [9.17, 15) is 5.11 Å². The zero-order valence-electron chi connectivity index (χ0n) is 13.5. The van der Waals surface area contributed by atoms with Crippen molar-refractivity contribution < 1.29 is 14.3 Å². The fourth-order valence-electron chi connectivity index (χ4n) is 2.32. The number of hydrogen-bond acceptors (Lipinski definition) is 7. The third-order valence-electron chi connectivity index (χ3n) is 3.18. The van der Waals surface area contributed by atoms with E-state index < -0.39 is 0 Å². The Morgan fingerprint density at radius 3 is 2.71 bits per heavy atom. The van der Waals surface area contributed by atoms with Crippen molar-refractivity contribution in [3.05, 3.63) is 5.89 Å². The average Bonchev–Trinajstić information content (AvgIpc) is 2.82. The summed E-state index contributed by atoms with van der Waals surface area (Å²) in [5.41, 5.74) is -0.360. The molecule has 0 aliphatic carbocycles. The number of aromatic nitrogens is 2. The standard InChI is InChI=1S/C14H26N4O3/c1-13(2,3)15-6-11-16-17-12(20-11)18-7-10(8-19)21-14(4,5)9-18/h10,15,19H,6-9H2,1-5H3. The number of morpholine rings is 1. The summed E-state index contributed by atoms with van der Waals surface area (Å²) in [4.78, 5) is 1.97. The maximum atomic E-state index is 9.34. The molecule has 7 heteroatoms. The van der Waals surface area contributed by atoms with E-state index in [1.165, 1.54) is 0 Å². The molecule has 1 fully saturated rings. The van der Waals surface area contributed by atoms with Crippen molar-refractivity contribution in [2.45, 2.75) is 58.4 Å².